The molecule has 1 rings (SSSR count). The highest BCUT2D eigenvalue weighted by molar-refractivity contribution is 5.96. The lowest BCUT2D eigenvalue weighted by molar-refractivity contribution is -0.150. The van der Waals surface area contributed by atoms with Gasteiger partial charge in [-0.25, -0.2) is 0 Å². The fourth-order valence-corrected chi connectivity index (χ4v) is 1.84. The van der Waals surface area contributed by atoms with Gasteiger partial charge in [-0.2, -0.15) is 0 Å². The molecule has 1 amide bonds. The van der Waals surface area contributed by atoms with Gasteiger partial charge in [0.05, 0.1) is 0 Å². The van der Waals surface area contributed by atoms with Crippen molar-refractivity contribution in [1.82, 2.24) is 4.90 Å². The van der Waals surface area contributed by atoms with E-state index in [0.29, 0.717) is 13.1 Å². The number of anilines is 1. The number of carbonyl (C=O) groups is 2. The molecule has 0 aliphatic heterocycles. The molecule has 1 unspecified atom stereocenters. The number of rotatable bonds is 6. The van der Waals surface area contributed by atoms with Gasteiger partial charge in [0.1, 0.15) is 5.92 Å². The van der Waals surface area contributed by atoms with Gasteiger partial charge >= 0.3 is 5.97 Å². The maximum atomic E-state index is 12.0. The Morgan fingerprint density at radius 3 is 2.15 bits per heavy atom. The molecule has 0 saturated carbocycles. The highest BCUT2D eigenvalue weighted by atomic mass is 16.4. The van der Waals surface area contributed by atoms with E-state index in [1.807, 2.05) is 50.2 Å². The molecular formula is C15H22N2O3. The van der Waals surface area contributed by atoms with Crippen LogP contribution < -0.4 is 4.90 Å². The van der Waals surface area contributed by atoms with E-state index in [1.54, 1.807) is 4.90 Å². The lowest BCUT2D eigenvalue weighted by atomic mass is 10.1. The molecule has 0 saturated heterocycles. The Kier molecular flexibility index (Phi) is 5.55. The van der Waals surface area contributed by atoms with Crippen molar-refractivity contribution in [3.05, 3.63) is 29.8 Å². The van der Waals surface area contributed by atoms with Crippen LogP contribution in [0.4, 0.5) is 5.69 Å². The van der Waals surface area contributed by atoms with Crippen molar-refractivity contribution in [2.45, 2.75) is 20.4 Å². The quantitative estimate of drug-likeness (QED) is 0.806. The van der Waals surface area contributed by atoms with Crippen LogP contribution in [-0.4, -0.2) is 42.5 Å². The van der Waals surface area contributed by atoms with Crippen molar-refractivity contribution in [1.29, 1.82) is 0 Å². The fraction of sp³-hybridized carbons (Fsp3) is 0.467. The Morgan fingerprint density at radius 2 is 1.75 bits per heavy atom. The molecule has 1 aromatic carbocycles. The third kappa shape index (κ3) is 3.98. The van der Waals surface area contributed by atoms with Crippen LogP contribution in [0.2, 0.25) is 0 Å². The van der Waals surface area contributed by atoms with Crippen molar-refractivity contribution >= 4 is 17.6 Å². The van der Waals surface area contributed by atoms with Gasteiger partial charge in [-0.3, -0.25) is 9.59 Å². The minimum Gasteiger partial charge on any atom is -0.481 e. The number of hydrogen-bond donors (Lipinski definition) is 1. The molecule has 0 fully saturated rings. The van der Waals surface area contributed by atoms with Crippen LogP contribution in [0, 0.1) is 5.92 Å². The number of carboxylic acid groups (broad SMARTS) is 1. The van der Waals surface area contributed by atoms with Gasteiger partial charge < -0.3 is 14.9 Å². The van der Waals surface area contributed by atoms with E-state index in [-0.39, 0.29) is 5.91 Å². The van der Waals surface area contributed by atoms with Crippen LogP contribution in [-0.2, 0) is 16.1 Å². The maximum absolute atomic E-state index is 12.0. The van der Waals surface area contributed by atoms with E-state index in [9.17, 15) is 9.59 Å². The largest absolute Gasteiger partial charge is 0.481 e. The first kappa shape index (κ1) is 16.0. The molecule has 0 aromatic heterocycles. The van der Waals surface area contributed by atoms with E-state index in [0.717, 1.165) is 11.3 Å². The summed E-state index contributed by atoms with van der Waals surface area (Å²) in [7, 11) is 3.93. The Balaban J connectivity index is 2.78. The van der Waals surface area contributed by atoms with E-state index in [1.165, 1.54) is 6.92 Å². The number of hydrogen-bond acceptors (Lipinski definition) is 3. The highest BCUT2D eigenvalue weighted by Crippen LogP contribution is 2.15. The molecular weight excluding hydrogens is 256 g/mol. The molecule has 20 heavy (non-hydrogen) atoms. The third-order valence-corrected chi connectivity index (χ3v) is 3.26. The number of carbonyl (C=O) groups excluding carboxylic acids is 1. The molecule has 110 valence electrons. The summed E-state index contributed by atoms with van der Waals surface area (Å²) in [6.07, 6.45) is 0. The van der Waals surface area contributed by atoms with Gasteiger partial charge in [-0.05, 0) is 31.5 Å². The molecule has 5 heteroatoms. The maximum Gasteiger partial charge on any atom is 0.315 e. The number of benzene rings is 1. The number of carboxylic acids is 1. The Hall–Kier alpha value is -2.04. The fourth-order valence-electron chi connectivity index (χ4n) is 1.84. The molecule has 0 spiro atoms. The molecule has 1 aromatic rings. The predicted octanol–water partition coefficient (Wildman–Crippen LogP) is 1.82. The normalized spacial score (nSPS) is 11.8. The van der Waals surface area contributed by atoms with Crippen LogP contribution in [0.25, 0.3) is 0 Å². The molecule has 0 aliphatic rings. The summed E-state index contributed by atoms with van der Waals surface area (Å²) >= 11 is 0. The van der Waals surface area contributed by atoms with E-state index in [4.69, 9.17) is 5.11 Å². The van der Waals surface area contributed by atoms with Gasteiger partial charge in [0, 0.05) is 32.9 Å². The van der Waals surface area contributed by atoms with Gasteiger partial charge in [-0.15, -0.1) is 0 Å². The van der Waals surface area contributed by atoms with Crippen LogP contribution in [0.3, 0.4) is 0 Å². The summed E-state index contributed by atoms with van der Waals surface area (Å²) in [5.74, 6) is -2.44. The summed E-state index contributed by atoms with van der Waals surface area (Å²) in [6, 6.07) is 7.87. The molecule has 1 N–H and O–H groups in total. The summed E-state index contributed by atoms with van der Waals surface area (Å²) < 4.78 is 0. The standard InChI is InChI=1S/C15H22N2O3/c1-5-17(14(18)11(2)15(19)20)10-12-6-8-13(9-7-12)16(3)4/h6-9,11H,5,10H2,1-4H3,(H,19,20). The zero-order valence-electron chi connectivity index (χ0n) is 12.5. The Labute approximate surface area is 119 Å². The van der Waals surface area contributed by atoms with Gasteiger partial charge in [0.2, 0.25) is 5.91 Å². The van der Waals surface area contributed by atoms with Gasteiger partial charge in [0.15, 0.2) is 0 Å². The second kappa shape index (κ2) is 6.93. The topological polar surface area (TPSA) is 60.9 Å². The second-order valence-electron chi connectivity index (χ2n) is 4.97. The molecule has 1 atom stereocenters. The SMILES string of the molecule is CCN(Cc1ccc(N(C)C)cc1)C(=O)C(C)C(=O)O. The minimum atomic E-state index is -1.09. The average molecular weight is 278 g/mol. The zero-order chi connectivity index (χ0) is 15.3. The van der Waals surface area contributed by atoms with Crippen molar-refractivity contribution < 1.29 is 14.7 Å². The predicted molar refractivity (Wildman–Crippen MR) is 78.7 cm³/mol. The number of aliphatic carboxylic acids is 1. The highest BCUT2D eigenvalue weighted by Gasteiger charge is 2.25. The lowest BCUT2D eigenvalue weighted by Gasteiger charge is -2.23. The van der Waals surface area contributed by atoms with E-state index in [2.05, 4.69) is 0 Å². The first-order valence-electron chi connectivity index (χ1n) is 6.64. The zero-order valence-corrected chi connectivity index (χ0v) is 12.5. The Bertz CT molecular complexity index is 469. The van der Waals surface area contributed by atoms with E-state index >= 15 is 0 Å². The van der Waals surface area contributed by atoms with E-state index < -0.39 is 11.9 Å². The van der Waals surface area contributed by atoms with Gasteiger partial charge in [0.25, 0.3) is 0 Å². The van der Waals surface area contributed by atoms with Crippen molar-refractivity contribution in [2.24, 2.45) is 5.92 Å². The lowest BCUT2D eigenvalue weighted by Crippen LogP contribution is -2.37. The van der Waals surface area contributed by atoms with Crippen LogP contribution >= 0.6 is 0 Å². The number of amides is 1. The molecule has 0 radical (unpaired) electrons. The minimum absolute atomic E-state index is 0.350. The third-order valence-electron chi connectivity index (χ3n) is 3.26. The van der Waals surface area contributed by atoms with Crippen molar-refractivity contribution in [2.75, 3.05) is 25.5 Å². The molecule has 0 bridgehead atoms. The second-order valence-corrected chi connectivity index (χ2v) is 4.97. The van der Waals surface area contributed by atoms with Crippen molar-refractivity contribution in [3.63, 3.8) is 0 Å². The van der Waals surface area contributed by atoms with Crippen LogP contribution in [0.5, 0.6) is 0 Å². The van der Waals surface area contributed by atoms with Gasteiger partial charge in [-0.1, -0.05) is 12.1 Å². The summed E-state index contributed by atoms with van der Waals surface area (Å²) in [6.45, 7) is 4.19. The van der Waals surface area contributed by atoms with Crippen LogP contribution in [0.15, 0.2) is 24.3 Å². The first-order valence-corrected chi connectivity index (χ1v) is 6.64. The number of nitrogens with zero attached hydrogens (tertiary/aromatic N) is 2. The van der Waals surface area contributed by atoms with Crippen LogP contribution in [0.1, 0.15) is 19.4 Å². The summed E-state index contributed by atoms with van der Waals surface area (Å²) in [4.78, 5) is 26.5. The van der Waals surface area contributed by atoms with Crippen molar-refractivity contribution in [3.8, 4) is 0 Å². The molecule has 0 heterocycles. The smallest absolute Gasteiger partial charge is 0.315 e. The molecule has 5 nitrogen and oxygen atoms in total. The summed E-state index contributed by atoms with van der Waals surface area (Å²) in [5, 5.41) is 8.91. The average Bonchev–Trinajstić information content (AvgIpc) is 2.43. The Morgan fingerprint density at radius 1 is 1.20 bits per heavy atom. The summed E-state index contributed by atoms with van der Waals surface area (Å²) in [5.41, 5.74) is 2.07. The molecule has 0 aliphatic carbocycles. The monoisotopic (exact) mass is 278 g/mol. The first-order chi connectivity index (χ1) is 9.36.